The molecule has 8 heteroatoms. The van der Waals surface area contributed by atoms with Gasteiger partial charge in [0.2, 0.25) is 11.8 Å². The van der Waals surface area contributed by atoms with Gasteiger partial charge in [0, 0.05) is 38.4 Å². The standard InChI is InChI=1S/C22H26N4O4/c27-20(23-17-6-2-1-3-7-17)16-24-11-13-25(14-12-24)21(28)18-8-4-10-26(18)22(29)19-9-5-15-30-19/h1-3,5-7,9,15,18H,4,8,10-14,16H2,(H,23,27). The molecule has 2 aliphatic heterocycles. The van der Waals surface area contributed by atoms with Gasteiger partial charge in [-0.25, -0.2) is 0 Å². The highest BCUT2D eigenvalue weighted by Gasteiger charge is 2.38. The van der Waals surface area contributed by atoms with Crippen molar-refractivity contribution in [3.63, 3.8) is 0 Å². The average molecular weight is 410 g/mol. The highest BCUT2D eigenvalue weighted by Crippen LogP contribution is 2.23. The van der Waals surface area contributed by atoms with Crippen molar-refractivity contribution in [1.82, 2.24) is 14.7 Å². The molecule has 0 spiro atoms. The quantitative estimate of drug-likeness (QED) is 0.810. The fraction of sp³-hybridized carbons (Fsp3) is 0.409. The topological polar surface area (TPSA) is 86.1 Å². The first-order valence-corrected chi connectivity index (χ1v) is 10.3. The SMILES string of the molecule is O=C(CN1CCN(C(=O)C2CCCN2C(=O)c2ccco2)CC1)Nc1ccccc1. The lowest BCUT2D eigenvalue weighted by molar-refractivity contribution is -0.137. The second kappa shape index (κ2) is 9.13. The van der Waals surface area contributed by atoms with Crippen molar-refractivity contribution >= 4 is 23.4 Å². The van der Waals surface area contributed by atoms with Crippen molar-refractivity contribution in [2.45, 2.75) is 18.9 Å². The van der Waals surface area contributed by atoms with E-state index >= 15 is 0 Å². The number of benzene rings is 1. The van der Waals surface area contributed by atoms with Gasteiger partial charge in [0.1, 0.15) is 6.04 Å². The number of nitrogens with zero attached hydrogens (tertiary/aromatic N) is 3. The smallest absolute Gasteiger partial charge is 0.290 e. The van der Waals surface area contributed by atoms with Crippen LogP contribution in [0, 0.1) is 0 Å². The summed E-state index contributed by atoms with van der Waals surface area (Å²) in [5, 5.41) is 2.89. The monoisotopic (exact) mass is 410 g/mol. The predicted octanol–water partition coefficient (Wildman–Crippen LogP) is 1.67. The summed E-state index contributed by atoms with van der Waals surface area (Å²) in [5.41, 5.74) is 0.777. The summed E-state index contributed by atoms with van der Waals surface area (Å²) < 4.78 is 5.21. The van der Waals surface area contributed by atoms with E-state index in [0.717, 1.165) is 12.1 Å². The number of likely N-dealkylation sites (tertiary alicyclic amines) is 1. The zero-order valence-corrected chi connectivity index (χ0v) is 16.8. The highest BCUT2D eigenvalue weighted by molar-refractivity contribution is 5.96. The van der Waals surface area contributed by atoms with Crippen LogP contribution >= 0.6 is 0 Å². The molecule has 1 atom stereocenters. The number of hydrogen-bond acceptors (Lipinski definition) is 5. The summed E-state index contributed by atoms with van der Waals surface area (Å²) in [5.74, 6) is -0.0381. The number of para-hydroxylation sites is 1. The first kappa shape index (κ1) is 20.2. The fourth-order valence-electron chi connectivity index (χ4n) is 4.07. The first-order chi connectivity index (χ1) is 14.6. The molecule has 158 valence electrons. The van der Waals surface area contributed by atoms with E-state index in [0.29, 0.717) is 45.7 Å². The van der Waals surface area contributed by atoms with Crippen LogP contribution < -0.4 is 5.32 Å². The van der Waals surface area contributed by atoms with Crippen LogP contribution in [0.25, 0.3) is 0 Å². The number of piperazine rings is 1. The minimum absolute atomic E-state index is 0.0132. The highest BCUT2D eigenvalue weighted by atomic mass is 16.3. The third-order valence-corrected chi connectivity index (χ3v) is 5.64. The van der Waals surface area contributed by atoms with Gasteiger partial charge in [-0.15, -0.1) is 0 Å². The maximum absolute atomic E-state index is 13.1. The molecule has 2 saturated heterocycles. The van der Waals surface area contributed by atoms with Crippen LogP contribution in [0.3, 0.4) is 0 Å². The van der Waals surface area contributed by atoms with E-state index < -0.39 is 6.04 Å². The Morgan fingerprint density at radius 2 is 1.73 bits per heavy atom. The molecule has 4 rings (SSSR count). The molecule has 0 saturated carbocycles. The normalized spacial score (nSPS) is 19.7. The van der Waals surface area contributed by atoms with E-state index in [-0.39, 0.29) is 23.5 Å². The third kappa shape index (κ3) is 4.54. The van der Waals surface area contributed by atoms with E-state index in [1.54, 1.807) is 17.0 Å². The molecule has 1 aromatic heterocycles. The molecule has 0 aliphatic carbocycles. The molecule has 30 heavy (non-hydrogen) atoms. The minimum Gasteiger partial charge on any atom is -0.459 e. The molecule has 1 aromatic carbocycles. The van der Waals surface area contributed by atoms with Gasteiger partial charge < -0.3 is 19.5 Å². The molecule has 2 aromatic rings. The summed E-state index contributed by atoms with van der Waals surface area (Å²) in [4.78, 5) is 43.4. The Labute approximate surface area is 175 Å². The van der Waals surface area contributed by atoms with E-state index in [2.05, 4.69) is 5.32 Å². The summed E-state index contributed by atoms with van der Waals surface area (Å²) in [6.07, 6.45) is 2.95. The van der Waals surface area contributed by atoms with Gasteiger partial charge in [-0.3, -0.25) is 19.3 Å². The van der Waals surface area contributed by atoms with Gasteiger partial charge in [-0.2, -0.15) is 0 Å². The van der Waals surface area contributed by atoms with Gasteiger partial charge in [-0.1, -0.05) is 18.2 Å². The molecule has 8 nitrogen and oxygen atoms in total. The Bertz CT molecular complexity index is 876. The van der Waals surface area contributed by atoms with Crippen LogP contribution in [0.4, 0.5) is 5.69 Å². The Hall–Kier alpha value is -3.13. The number of furan rings is 1. The first-order valence-electron chi connectivity index (χ1n) is 10.3. The van der Waals surface area contributed by atoms with Crippen LogP contribution in [0.2, 0.25) is 0 Å². The van der Waals surface area contributed by atoms with Gasteiger partial charge in [0.15, 0.2) is 5.76 Å². The van der Waals surface area contributed by atoms with Crippen molar-refractivity contribution in [3.8, 4) is 0 Å². The molecule has 2 fully saturated rings. The van der Waals surface area contributed by atoms with Crippen LogP contribution in [0.5, 0.6) is 0 Å². The van der Waals surface area contributed by atoms with Crippen LogP contribution in [0.15, 0.2) is 53.1 Å². The number of rotatable bonds is 5. The van der Waals surface area contributed by atoms with Crippen LogP contribution in [0.1, 0.15) is 23.4 Å². The van der Waals surface area contributed by atoms with Gasteiger partial charge in [0.25, 0.3) is 5.91 Å². The Morgan fingerprint density at radius 3 is 2.43 bits per heavy atom. The zero-order chi connectivity index (χ0) is 20.9. The van der Waals surface area contributed by atoms with Crippen molar-refractivity contribution in [2.24, 2.45) is 0 Å². The van der Waals surface area contributed by atoms with E-state index in [9.17, 15) is 14.4 Å². The second-order valence-electron chi connectivity index (χ2n) is 7.65. The van der Waals surface area contributed by atoms with Crippen molar-refractivity contribution in [3.05, 3.63) is 54.5 Å². The summed E-state index contributed by atoms with van der Waals surface area (Å²) in [7, 11) is 0. The summed E-state index contributed by atoms with van der Waals surface area (Å²) in [6, 6.07) is 12.2. The lowest BCUT2D eigenvalue weighted by Gasteiger charge is -2.37. The lowest BCUT2D eigenvalue weighted by atomic mass is 10.1. The van der Waals surface area contributed by atoms with Crippen molar-refractivity contribution in [2.75, 3.05) is 44.6 Å². The van der Waals surface area contributed by atoms with Crippen LogP contribution in [-0.2, 0) is 9.59 Å². The number of amides is 3. The summed E-state index contributed by atoms with van der Waals surface area (Å²) >= 11 is 0. The Balaban J connectivity index is 1.27. The molecule has 3 amide bonds. The Kier molecular flexibility index (Phi) is 6.13. The Morgan fingerprint density at radius 1 is 0.967 bits per heavy atom. The third-order valence-electron chi connectivity index (χ3n) is 5.64. The maximum atomic E-state index is 13.1. The minimum atomic E-state index is -0.435. The van der Waals surface area contributed by atoms with Crippen LogP contribution in [-0.4, -0.2) is 77.7 Å². The van der Waals surface area contributed by atoms with E-state index in [1.165, 1.54) is 6.26 Å². The predicted molar refractivity (Wildman–Crippen MR) is 111 cm³/mol. The fourth-order valence-corrected chi connectivity index (χ4v) is 4.07. The number of carbonyl (C=O) groups excluding carboxylic acids is 3. The molecular formula is C22H26N4O4. The van der Waals surface area contributed by atoms with E-state index in [4.69, 9.17) is 4.42 Å². The molecule has 1 N–H and O–H groups in total. The molecule has 0 radical (unpaired) electrons. The second-order valence-corrected chi connectivity index (χ2v) is 7.65. The molecule has 1 unspecified atom stereocenters. The largest absolute Gasteiger partial charge is 0.459 e. The molecule has 0 bridgehead atoms. The van der Waals surface area contributed by atoms with E-state index in [1.807, 2.05) is 40.1 Å². The van der Waals surface area contributed by atoms with Gasteiger partial charge in [-0.05, 0) is 37.1 Å². The van der Waals surface area contributed by atoms with Gasteiger partial charge in [0.05, 0.1) is 12.8 Å². The average Bonchev–Trinajstić information content (AvgIpc) is 3.46. The molecule has 2 aliphatic rings. The zero-order valence-electron chi connectivity index (χ0n) is 16.8. The van der Waals surface area contributed by atoms with Gasteiger partial charge >= 0.3 is 0 Å². The number of anilines is 1. The van der Waals surface area contributed by atoms with Crippen molar-refractivity contribution < 1.29 is 18.8 Å². The van der Waals surface area contributed by atoms with Crippen molar-refractivity contribution in [1.29, 1.82) is 0 Å². The molecule has 3 heterocycles. The maximum Gasteiger partial charge on any atom is 0.290 e. The lowest BCUT2D eigenvalue weighted by Crippen LogP contribution is -2.55. The summed E-state index contributed by atoms with van der Waals surface area (Å²) in [6.45, 7) is 3.23. The molecular weight excluding hydrogens is 384 g/mol. The number of carbonyl (C=O) groups is 3. The number of nitrogens with one attached hydrogen (secondary N) is 1. The number of hydrogen-bond donors (Lipinski definition) is 1.